The molecule has 0 aromatic heterocycles. The molecule has 0 heteroatoms. The van der Waals surface area contributed by atoms with Crippen LogP contribution < -0.4 is 0 Å². The summed E-state index contributed by atoms with van der Waals surface area (Å²) in [7, 11) is 0. The minimum absolute atomic E-state index is 0.852. The second-order valence-corrected chi connectivity index (χ2v) is 4.82. The van der Waals surface area contributed by atoms with E-state index in [0.717, 1.165) is 11.8 Å². The fraction of sp³-hybridized carbons (Fsp3) is 0.692. The molecule has 1 aliphatic rings. The number of allylic oxidation sites excluding steroid dienone is 4. The summed E-state index contributed by atoms with van der Waals surface area (Å²) in [6, 6.07) is 0. The number of rotatable bonds is 2. The molecule has 1 rings (SSSR count). The van der Waals surface area contributed by atoms with E-state index in [0.29, 0.717) is 0 Å². The minimum Gasteiger partial charge on any atom is -0.0827 e. The van der Waals surface area contributed by atoms with E-state index < -0.39 is 0 Å². The predicted molar refractivity (Wildman–Crippen MR) is 59.7 cm³/mol. The molecule has 1 fully saturated rings. The maximum Gasteiger partial charge on any atom is -0.0225 e. The van der Waals surface area contributed by atoms with Gasteiger partial charge in [0.2, 0.25) is 0 Å². The van der Waals surface area contributed by atoms with E-state index in [1.54, 1.807) is 0 Å². The van der Waals surface area contributed by atoms with Crippen molar-refractivity contribution in [3.8, 4) is 0 Å². The quantitative estimate of drug-likeness (QED) is 0.552. The molecule has 74 valence electrons. The lowest BCUT2D eigenvalue weighted by atomic mass is 10.0. The number of hydrogen-bond donors (Lipinski definition) is 0. The summed E-state index contributed by atoms with van der Waals surface area (Å²) < 4.78 is 0. The van der Waals surface area contributed by atoms with Gasteiger partial charge in [0.25, 0.3) is 0 Å². The molecule has 13 heavy (non-hydrogen) atoms. The Labute approximate surface area is 82.7 Å². The highest BCUT2D eigenvalue weighted by Gasteiger charge is 2.20. The molecule has 2 unspecified atom stereocenters. The standard InChI is InChI=1S/C13H22/c1-10(2)7-12-5-6-13(9-12)8-11(3)4/h7-8,12-13H,5-6,9H2,1-4H3. The summed E-state index contributed by atoms with van der Waals surface area (Å²) >= 11 is 0. The first-order chi connectivity index (χ1) is 6.08. The summed E-state index contributed by atoms with van der Waals surface area (Å²) in [6.45, 7) is 8.81. The highest BCUT2D eigenvalue weighted by Crippen LogP contribution is 2.33. The van der Waals surface area contributed by atoms with Crippen LogP contribution in [0.5, 0.6) is 0 Å². The molecule has 0 bridgehead atoms. The summed E-state index contributed by atoms with van der Waals surface area (Å²) in [4.78, 5) is 0. The Morgan fingerprint density at radius 2 is 1.23 bits per heavy atom. The first-order valence-corrected chi connectivity index (χ1v) is 5.38. The van der Waals surface area contributed by atoms with E-state index >= 15 is 0 Å². The molecule has 0 heterocycles. The van der Waals surface area contributed by atoms with Crippen LogP contribution in [0.15, 0.2) is 23.3 Å². The smallest absolute Gasteiger partial charge is 0.0225 e. The highest BCUT2D eigenvalue weighted by atomic mass is 14.3. The Kier molecular flexibility index (Phi) is 3.77. The van der Waals surface area contributed by atoms with Crippen LogP contribution in [-0.4, -0.2) is 0 Å². The summed E-state index contributed by atoms with van der Waals surface area (Å²) in [5.74, 6) is 1.70. The van der Waals surface area contributed by atoms with Crippen molar-refractivity contribution in [2.24, 2.45) is 11.8 Å². The second-order valence-electron chi connectivity index (χ2n) is 4.82. The van der Waals surface area contributed by atoms with Gasteiger partial charge in [0.15, 0.2) is 0 Å². The Hall–Kier alpha value is -0.520. The average molecular weight is 178 g/mol. The van der Waals surface area contributed by atoms with Crippen LogP contribution in [0.3, 0.4) is 0 Å². The van der Waals surface area contributed by atoms with Crippen molar-refractivity contribution in [1.29, 1.82) is 0 Å². The maximum absolute atomic E-state index is 2.44. The van der Waals surface area contributed by atoms with Crippen LogP contribution in [0.25, 0.3) is 0 Å². The van der Waals surface area contributed by atoms with Gasteiger partial charge in [0.05, 0.1) is 0 Å². The Bertz CT molecular complexity index is 188. The van der Waals surface area contributed by atoms with Gasteiger partial charge in [-0.1, -0.05) is 23.3 Å². The van der Waals surface area contributed by atoms with Crippen molar-refractivity contribution in [2.75, 3.05) is 0 Å². The van der Waals surface area contributed by atoms with Crippen molar-refractivity contribution in [2.45, 2.75) is 47.0 Å². The van der Waals surface area contributed by atoms with Crippen LogP contribution >= 0.6 is 0 Å². The van der Waals surface area contributed by atoms with Crippen molar-refractivity contribution < 1.29 is 0 Å². The fourth-order valence-electron chi connectivity index (χ4n) is 2.30. The third kappa shape index (κ3) is 3.80. The van der Waals surface area contributed by atoms with Gasteiger partial charge in [0, 0.05) is 0 Å². The number of hydrogen-bond acceptors (Lipinski definition) is 0. The van der Waals surface area contributed by atoms with Crippen LogP contribution in [0.1, 0.15) is 47.0 Å². The molecule has 0 aromatic carbocycles. The van der Waals surface area contributed by atoms with Gasteiger partial charge in [-0.3, -0.25) is 0 Å². The zero-order valence-electron chi connectivity index (χ0n) is 9.43. The largest absolute Gasteiger partial charge is 0.0827 e. The highest BCUT2D eigenvalue weighted by molar-refractivity contribution is 5.05. The molecule has 0 spiro atoms. The molecular formula is C13H22. The van der Waals surface area contributed by atoms with E-state index in [1.165, 1.54) is 30.4 Å². The molecule has 0 aliphatic heterocycles. The van der Waals surface area contributed by atoms with Gasteiger partial charge in [0.1, 0.15) is 0 Å². The van der Waals surface area contributed by atoms with Gasteiger partial charge < -0.3 is 0 Å². The summed E-state index contributed by atoms with van der Waals surface area (Å²) in [5.41, 5.74) is 2.95. The molecule has 0 radical (unpaired) electrons. The van der Waals surface area contributed by atoms with Gasteiger partial charge >= 0.3 is 0 Å². The third-order valence-electron chi connectivity index (χ3n) is 2.65. The molecule has 0 nitrogen and oxygen atoms in total. The van der Waals surface area contributed by atoms with Gasteiger partial charge in [-0.25, -0.2) is 0 Å². The van der Waals surface area contributed by atoms with Crippen LogP contribution in [0, 0.1) is 11.8 Å². The summed E-state index contributed by atoms with van der Waals surface area (Å²) in [5, 5.41) is 0. The Morgan fingerprint density at radius 1 is 0.846 bits per heavy atom. The van der Waals surface area contributed by atoms with Crippen molar-refractivity contribution in [3.63, 3.8) is 0 Å². The first kappa shape index (κ1) is 10.6. The predicted octanol–water partition coefficient (Wildman–Crippen LogP) is 4.34. The fourth-order valence-corrected chi connectivity index (χ4v) is 2.30. The maximum atomic E-state index is 2.44. The van der Waals surface area contributed by atoms with E-state index in [1.807, 2.05) is 0 Å². The Morgan fingerprint density at radius 3 is 1.54 bits per heavy atom. The van der Waals surface area contributed by atoms with Gasteiger partial charge in [-0.15, -0.1) is 0 Å². The Balaban J connectivity index is 2.45. The normalized spacial score (nSPS) is 27.1. The monoisotopic (exact) mass is 178 g/mol. The van der Waals surface area contributed by atoms with Crippen LogP contribution in [0.2, 0.25) is 0 Å². The summed E-state index contributed by atoms with van der Waals surface area (Å²) in [6.07, 6.45) is 9.04. The molecule has 0 N–H and O–H groups in total. The topological polar surface area (TPSA) is 0 Å². The molecular weight excluding hydrogens is 156 g/mol. The molecule has 0 saturated heterocycles. The molecule has 2 atom stereocenters. The zero-order chi connectivity index (χ0) is 9.84. The molecule has 0 aromatic rings. The molecule has 0 amide bonds. The minimum atomic E-state index is 0.852. The molecule has 1 saturated carbocycles. The van der Waals surface area contributed by atoms with Crippen molar-refractivity contribution in [1.82, 2.24) is 0 Å². The second kappa shape index (κ2) is 4.64. The van der Waals surface area contributed by atoms with Crippen LogP contribution in [-0.2, 0) is 0 Å². The first-order valence-electron chi connectivity index (χ1n) is 5.38. The van der Waals surface area contributed by atoms with E-state index in [9.17, 15) is 0 Å². The lowest BCUT2D eigenvalue weighted by Gasteiger charge is -2.04. The zero-order valence-corrected chi connectivity index (χ0v) is 9.43. The van der Waals surface area contributed by atoms with Gasteiger partial charge in [-0.05, 0) is 58.8 Å². The average Bonchev–Trinajstić information content (AvgIpc) is 2.33. The molecule has 1 aliphatic carbocycles. The lowest BCUT2D eigenvalue weighted by Crippen LogP contribution is -1.91. The van der Waals surface area contributed by atoms with Gasteiger partial charge in [-0.2, -0.15) is 0 Å². The van der Waals surface area contributed by atoms with Crippen LogP contribution in [0.4, 0.5) is 0 Å². The van der Waals surface area contributed by atoms with Crippen molar-refractivity contribution in [3.05, 3.63) is 23.3 Å². The lowest BCUT2D eigenvalue weighted by molar-refractivity contribution is 0.633. The van der Waals surface area contributed by atoms with E-state index in [-0.39, 0.29) is 0 Å². The van der Waals surface area contributed by atoms with E-state index in [2.05, 4.69) is 39.8 Å². The van der Waals surface area contributed by atoms with E-state index in [4.69, 9.17) is 0 Å². The van der Waals surface area contributed by atoms with Crippen molar-refractivity contribution >= 4 is 0 Å². The third-order valence-corrected chi connectivity index (χ3v) is 2.65. The SMILES string of the molecule is CC(C)=CC1CCC(C=C(C)C)C1.